The van der Waals surface area contributed by atoms with Gasteiger partial charge in [-0.3, -0.25) is 4.79 Å². The van der Waals surface area contributed by atoms with Crippen LogP contribution in [0.4, 0.5) is 0 Å². The lowest BCUT2D eigenvalue weighted by molar-refractivity contribution is 0.0600. The van der Waals surface area contributed by atoms with E-state index in [9.17, 15) is 9.59 Å². The number of carbonyl (C=O) groups is 1. The topological polar surface area (TPSA) is 69.4 Å². The normalized spacial score (nSPS) is 11.3. The molecule has 23 heavy (non-hydrogen) atoms. The Bertz CT molecular complexity index is 991. The Balaban J connectivity index is 2.38. The number of halogens is 1. The molecule has 0 atom stereocenters. The number of fused-ring (bicyclic) bond motifs is 2. The van der Waals surface area contributed by atoms with Crippen molar-refractivity contribution in [2.45, 2.75) is 19.8 Å². The van der Waals surface area contributed by atoms with E-state index < -0.39 is 5.97 Å². The number of hydrogen-bond acceptors (Lipinski definition) is 5. The molecular formula is C17H14ClNO4. The largest absolute Gasteiger partial charge is 0.465 e. The van der Waals surface area contributed by atoms with Gasteiger partial charge in [-0.25, -0.2) is 4.79 Å². The van der Waals surface area contributed by atoms with Crippen molar-refractivity contribution in [3.63, 3.8) is 0 Å². The number of nitrogens with zero attached hydrogens (tertiary/aromatic N) is 1. The summed E-state index contributed by atoms with van der Waals surface area (Å²) in [4.78, 5) is 28.5. The first-order valence-corrected chi connectivity index (χ1v) is 7.45. The molecule has 0 amide bonds. The lowest BCUT2D eigenvalue weighted by Crippen LogP contribution is -2.08. The van der Waals surface area contributed by atoms with Gasteiger partial charge in [0.1, 0.15) is 10.7 Å². The summed E-state index contributed by atoms with van der Waals surface area (Å²) in [6.07, 6.45) is 0. The van der Waals surface area contributed by atoms with Crippen LogP contribution in [0.25, 0.3) is 22.1 Å². The van der Waals surface area contributed by atoms with Gasteiger partial charge in [-0.15, -0.1) is 0 Å². The highest BCUT2D eigenvalue weighted by molar-refractivity contribution is 6.32. The molecular weight excluding hydrogens is 318 g/mol. The summed E-state index contributed by atoms with van der Waals surface area (Å²) in [5.41, 5.74) is 1.34. The molecule has 0 saturated heterocycles. The molecule has 0 unspecified atom stereocenters. The Morgan fingerprint density at radius 1 is 1.26 bits per heavy atom. The van der Waals surface area contributed by atoms with Crippen LogP contribution in [0, 0.1) is 0 Å². The molecule has 0 spiro atoms. The highest BCUT2D eigenvalue weighted by Crippen LogP contribution is 2.25. The van der Waals surface area contributed by atoms with Gasteiger partial charge in [0.25, 0.3) is 0 Å². The van der Waals surface area contributed by atoms with Gasteiger partial charge in [0.2, 0.25) is 11.1 Å². The van der Waals surface area contributed by atoms with E-state index in [1.165, 1.54) is 13.2 Å². The maximum absolute atomic E-state index is 12.7. The average molecular weight is 332 g/mol. The molecule has 3 aromatic rings. The SMILES string of the molecule is COC(=O)c1cc2c(=O)c3cc(C(C)C)ccc3oc2nc1Cl. The van der Waals surface area contributed by atoms with Gasteiger partial charge < -0.3 is 9.15 Å². The van der Waals surface area contributed by atoms with Crippen molar-refractivity contribution in [2.24, 2.45) is 0 Å². The summed E-state index contributed by atoms with van der Waals surface area (Å²) in [5.74, 6) is -0.372. The number of methoxy groups -OCH3 is 1. The standard InChI is InChI=1S/C17H14ClNO4/c1-8(2)9-4-5-13-10(6-9)14(20)11-7-12(17(21)22-3)15(18)19-16(11)23-13/h4-8H,1-3H3. The Labute approximate surface area is 136 Å². The first kappa shape index (κ1) is 15.5. The number of hydrogen-bond donors (Lipinski definition) is 0. The van der Waals surface area contributed by atoms with Gasteiger partial charge in [0.05, 0.1) is 23.4 Å². The number of esters is 1. The second-order valence-corrected chi connectivity index (χ2v) is 5.87. The van der Waals surface area contributed by atoms with E-state index in [-0.39, 0.29) is 33.2 Å². The second kappa shape index (κ2) is 5.66. The van der Waals surface area contributed by atoms with E-state index in [1.54, 1.807) is 12.1 Å². The summed E-state index contributed by atoms with van der Waals surface area (Å²) in [7, 11) is 1.24. The number of carbonyl (C=O) groups excluding carboxylic acids is 1. The Hall–Kier alpha value is -2.40. The van der Waals surface area contributed by atoms with Gasteiger partial charge >= 0.3 is 5.97 Å². The number of pyridine rings is 1. The maximum Gasteiger partial charge on any atom is 0.341 e. The molecule has 2 heterocycles. The molecule has 3 rings (SSSR count). The number of rotatable bonds is 2. The summed E-state index contributed by atoms with van der Waals surface area (Å²) in [5, 5.41) is 0.581. The monoisotopic (exact) mass is 331 g/mol. The fraction of sp³-hybridized carbons (Fsp3) is 0.235. The quantitative estimate of drug-likeness (QED) is 0.404. The lowest BCUT2D eigenvalue weighted by atomic mass is 10.0. The first-order chi connectivity index (χ1) is 10.9. The van der Waals surface area contributed by atoms with Crippen LogP contribution in [0.1, 0.15) is 35.7 Å². The van der Waals surface area contributed by atoms with Crippen LogP contribution in [0.5, 0.6) is 0 Å². The van der Waals surface area contributed by atoms with E-state index in [2.05, 4.69) is 9.72 Å². The minimum Gasteiger partial charge on any atom is -0.465 e. The zero-order chi connectivity index (χ0) is 16.7. The van der Waals surface area contributed by atoms with Crippen molar-refractivity contribution in [1.29, 1.82) is 0 Å². The third-order valence-corrected chi connectivity index (χ3v) is 4.00. The fourth-order valence-corrected chi connectivity index (χ4v) is 2.60. The summed E-state index contributed by atoms with van der Waals surface area (Å²) >= 11 is 5.97. The molecule has 0 radical (unpaired) electrons. The van der Waals surface area contributed by atoms with Crippen molar-refractivity contribution in [1.82, 2.24) is 4.98 Å². The van der Waals surface area contributed by atoms with E-state index >= 15 is 0 Å². The number of ether oxygens (including phenoxy) is 1. The smallest absolute Gasteiger partial charge is 0.341 e. The molecule has 2 aromatic heterocycles. The molecule has 6 heteroatoms. The minimum atomic E-state index is -0.653. The highest BCUT2D eigenvalue weighted by Gasteiger charge is 2.18. The van der Waals surface area contributed by atoms with E-state index in [0.29, 0.717) is 11.0 Å². The molecule has 0 saturated carbocycles. The van der Waals surface area contributed by atoms with E-state index in [1.807, 2.05) is 19.9 Å². The fourth-order valence-electron chi connectivity index (χ4n) is 2.39. The number of aromatic nitrogens is 1. The number of benzene rings is 1. The predicted molar refractivity (Wildman–Crippen MR) is 88.2 cm³/mol. The molecule has 5 nitrogen and oxygen atoms in total. The van der Waals surface area contributed by atoms with E-state index in [0.717, 1.165) is 5.56 Å². The lowest BCUT2D eigenvalue weighted by Gasteiger charge is -2.08. The van der Waals surface area contributed by atoms with Gasteiger partial charge in [-0.2, -0.15) is 4.98 Å². The van der Waals surface area contributed by atoms with Crippen molar-refractivity contribution in [3.8, 4) is 0 Å². The molecule has 0 bridgehead atoms. The average Bonchev–Trinajstić information content (AvgIpc) is 2.53. The first-order valence-electron chi connectivity index (χ1n) is 7.07. The van der Waals surface area contributed by atoms with Crippen LogP contribution in [0.15, 0.2) is 33.5 Å². The Morgan fingerprint density at radius 3 is 2.65 bits per heavy atom. The predicted octanol–water partition coefficient (Wildman–Crippen LogP) is 3.90. The Kier molecular flexibility index (Phi) is 3.82. The summed E-state index contributed by atoms with van der Waals surface area (Å²) in [6.45, 7) is 4.08. The molecule has 0 aliphatic heterocycles. The van der Waals surface area contributed by atoms with E-state index in [4.69, 9.17) is 16.0 Å². The highest BCUT2D eigenvalue weighted by atomic mass is 35.5. The van der Waals surface area contributed by atoms with Gasteiger partial charge in [0, 0.05) is 0 Å². The summed E-state index contributed by atoms with van der Waals surface area (Å²) in [6, 6.07) is 6.82. The Morgan fingerprint density at radius 2 is 2.00 bits per heavy atom. The molecule has 0 N–H and O–H groups in total. The molecule has 0 fully saturated rings. The van der Waals surface area contributed by atoms with Crippen molar-refractivity contribution >= 4 is 39.6 Å². The van der Waals surface area contributed by atoms with Gasteiger partial charge in [-0.05, 0) is 29.7 Å². The van der Waals surface area contributed by atoms with Gasteiger partial charge in [0.15, 0.2) is 0 Å². The third-order valence-electron chi connectivity index (χ3n) is 3.71. The van der Waals surface area contributed by atoms with Crippen molar-refractivity contribution < 1.29 is 13.9 Å². The molecule has 0 aliphatic carbocycles. The molecule has 118 valence electrons. The van der Waals surface area contributed by atoms with Crippen LogP contribution < -0.4 is 5.43 Å². The van der Waals surface area contributed by atoms with Crippen LogP contribution in [-0.2, 0) is 4.74 Å². The van der Waals surface area contributed by atoms with Crippen LogP contribution in [-0.4, -0.2) is 18.1 Å². The zero-order valence-corrected chi connectivity index (χ0v) is 13.6. The maximum atomic E-state index is 12.7. The van der Waals surface area contributed by atoms with Crippen LogP contribution in [0.3, 0.4) is 0 Å². The van der Waals surface area contributed by atoms with Gasteiger partial charge in [-0.1, -0.05) is 31.5 Å². The molecule has 1 aromatic carbocycles. The minimum absolute atomic E-state index is 0.0355. The second-order valence-electron chi connectivity index (χ2n) is 5.51. The molecule has 0 aliphatic rings. The van der Waals surface area contributed by atoms with Crippen molar-refractivity contribution in [3.05, 3.63) is 50.8 Å². The third kappa shape index (κ3) is 2.57. The summed E-state index contributed by atoms with van der Waals surface area (Å²) < 4.78 is 10.3. The van der Waals surface area contributed by atoms with Crippen LogP contribution in [0.2, 0.25) is 5.15 Å². The van der Waals surface area contributed by atoms with Crippen LogP contribution >= 0.6 is 11.6 Å². The zero-order valence-electron chi connectivity index (χ0n) is 12.8. The van der Waals surface area contributed by atoms with Crippen molar-refractivity contribution in [2.75, 3.05) is 7.11 Å².